The fourth-order valence-corrected chi connectivity index (χ4v) is 3.75. The number of rotatable bonds is 5. The summed E-state index contributed by atoms with van der Waals surface area (Å²) in [5.41, 5.74) is 2.77. The molecule has 7 heteroatoms. The summed E-state index contributed by atoms with van der Waals surface area (Å²) in [7, 11) is 0. The highest BCUT2D eigenvalue weighted by Crippen LogP contribution is 2.33. The molecule has 0 fully saturated rings. The Labute approximate surface area is 142 Å². The first-order valence-corrected chi connectivity index (χ1v) is 8.69. The lowest BCUT2D eigenvalue weighted by molar-refractivity contribution is 0.904. The van der Waals surface area contributed by atoms with E-state index in [0.717, 1.165) is 21.3 Å². The molecule has 1 heterocycles. The summed E-state index contributed by atoms with van der Waals surface area (Å²) in [5, 5.41) is 8.35. The number of benzene rings is 1. The van der Waals surface area contributed by atoms with Gasteiger partial charge in [0.15, 0.2) is 5.11 Å². The molecule has 0 amide bonds. The quantitative estimate of drug-likeness (QED) is 0.474. The molecule has 0 bridgehead atoms. The van der Waals surface area contributed by atoms with E-state index in [1.165, 1.54) is 4.21 Å². The Morgan fingerprint density at radius 1 is 1.33 bits per heavy atom. The van der Waals surface area contributed by atoms with Gasteiger partial charge < -0.3 is 5.32 Å². The number of thiocarbonyl (C=S) groups is 1. The van der Waals surface area contributed by atoms with E-state index in [2.05, 4.69) is 21.9 Å². The van der Waals surface area contributed by atoms with E-state index >= 15 is 0 Å². The molecule has 0 aliphatic carbocycles. The molecule has 0 spiro atoms. The maximum Gasteiger partial charge on any atom is 0.186 e. The molecule has 2 rings (SSSR count). The number of nitrogens with zero attached hydrogens (tertiary/aromatic N) is 1. The van der Waals surface area contributed by atoms with Gasteiger partial charge in [0.25, 0.3) is 0 Å². The minimum Gasteiger partial charge on any atom is -0.362 e. The molecule has 1 aromatic carbocycles. The molecule has 2 N–H and O–H groups in total. The van der Waals surface area contributed by atoms with Crippen LogP contribution in [0.25, 0.3) is 0 Å². The lowest BCUT2D eigenvalue weighted by Gasteiger charge is -2.01. The van der Waals surface area contributed by atoms with Gasteiger partial charge in [-0.15, -0.1) is 11.3 Å². The highest BCUT2D eigenvalue weighted by molar-refractivity contribution is 8.01. The molecule has 21 heavy (non-hydrogen) atoms. The Balaban J connectivity index is 1.90. The molecule has 0 radical (unpaired) electrons. The van der Waals surface area contributed by atoms with Crippen molar-refractivity contribution >= 4 is 58.2 Å². The normalized spacial score (nSPS) is 10.8. The maximum absolute atomic E-state index is 5.88. The van der Waals surface area contributed by atoms with Crippen LogP contribution >= 0.6 is 46.9 Å². The average Bonchev–Trinajstić information content (AvgIpc) is 2.89. The second-order valence-electron chi connectivity index (χ2n) is 3.94. The van der Waals surface area contributed by atoms with Crippen molar-refractivity contribution in [2.75, 3.05) is 6.54 Å². The molecular weight excluding hydrogens is 342 g/mol. The Morgan fingerprint density at radius 3 is 2.81 bits per heavy atom. The Bertz CT molecular complexity index is 623. The number of nitrogens with one attached hydrogen (secondary N) is 2. The fourth-order valence-electron chi connectivity index (χ4n) is 1.43. The first kappa shape index (κ1) is 16.3. The fraction of sp³-hybridized carbons (Fsp3) is 0.143. The Morgan fingerprint density at radius 2 is 2.10 bits per heavy atom. The monoisotopic (exact) mass is 355 g/mol. The van der Waals surface area contributed by atoms with E-state index in [0.29, 0.717) is 5.11 Å². The number of hydrogen-bond donors (Lipinski definition) is 2. The predicted octanol–water partition coefficient (Wildman–Crippen LogP) is 4.37. The molecule has 1 aromatic heterocycles. The highest BCUT2D eigenvalue weighted by Gasteiger charge is 2.01. The van der Waals surface area contributed by atoms with Crippen LogP contribution in [0.4, 0.5) is 0 Å². The van der Waals surface area contributed by atoms with Gasteiger partial charge in [0.05, 0.1) is 10.4 Å². The first-order valence-electron chi connectivity index (χ1n) is 6.27. The lowest BCUT2D eigenvalue weighted by atomic mass is 10.4. The van der Waals surface area contributed by atoms with Gasteiger partial charge in [-0.1, -0.05) is 23.4 Å². The molecule has 0 atom stereocenters. The van der Waals surface area contributed by atoms with E-state index in [9.17, 15) is 0 Å². The SMILES string of the molecule is CCNC(=S)N/N=C\c1ccc(Sc2ccc(Cl)cc2)s1. The Kier molecular flexibility index (Phi) is 6.50. The van der Waals surface area contributed by atoms with Gasteiger partial charge in [-0.25, -0.2) is 0 Å². The number of halogens is 1. The standard InChI is InChI=1S/C14H14ClN3S3/c1-2-16-14(19)18-17-9-12-7-8-13(21-12)20-11-5-3-10(15)4-6-11/h3-9H,2H2,1H3,(H2,16,18,19)/b17-9-. The van der Waals surface area contributed by atoms with Crippen LogP contribution in [0.15, 0.2) is 50.6 Å². The number of thiophene rings is 1. The molecule has 110 valence electrons. The second-order valence-corrected chi connectivity index (χ2v) is 7.28. The van der Waals surface area contributed by atoms with E-state index in [-0.39, 0.29) is 0 Å². The summed E-state index contributed by atoms with van der Waals surface area (Å²) < 4.78 is 1.20. The van der Waals surface area contributed by atoms with Crippen molar-refractivity contribution in [1.82, 2.24) is 10.7 Å². The third-order valence-electron chi connectivity index (χ3n) is 2.33. The summed E-state index contributed by atoms with van der Waals surface area (Å²) in [4.78, 5) is 2.23. The smallest absolute Gasteiger partial charge is 0.186 e. The summed E-state index contributed by atoms with van der Waals surface area (Å²) in [6.07, 6.45) is 1.76. The predicted molar refractivity (Wildman–Crippen MR) is 96.9 cm³/mol. The summed E-state index contributed by atoms with van der Waals surface area (Å²) >= 11 is 14.3. The largest absolute Gasteiger partial charge is 0.362 e. The van der Waals surface area contributed by atoms with Crippen LogP contribution in [-0.4, -0.2) is 17.9 Å². The summed E-state index contributed by atoms with van der Waals surface area (Å²) in [6, 6.07) is 11.9. The highest BCUT2D eigenvalue weighted by atomic mass is 35.5. The van der Waals surface area contributed by atoms with Crippen LogP contribution in [0, 0.1) is 0 Å². The van der Waals surface area contributed by atoms with Gasteiger partial charge in [-0.3, -0.25) is 5.43 Å². The molecule has 0 aliphatic rings. The van der Waals surface area contributed by atoms with Gasteiger partial charge in [0.2, 0.25) is 0 Å². The van der Waals surface area contributed by atoms with Crippen molar-refractivity contribution in [3.05, 3.63) is 46.3 Å². The summed E-state index contributed by atoms with van der Waals surface area (Å²) in [6.45, 7) is 2.76. The van der Waals surface area contributed by atoms with Crippen molar-refractivity contribution in [2.24, 2.45) is 5.10 Å². The van der Waals surface area contributed by atoms with E-state index < -0.39 is 0 Å². The van der Waals surface area contributed by atoms with Crippen molar-refractivity contribution in [3.8, 4) is 0 Å². The van der Waals surface area contributed by atoms with Crippen LogP contribution in [0.3, 0.4) is 0 Å². The van der Waals surface area contributed by atoms with Gasteiger partial charge in [-0.2, -0.15) is 5.10 Å². The zero-order valence-corrected chi connectivity index (χ0v) is 14.5. The maximum atomic E-state index is 5.88. The first-order chi connectivity index (χ1) is 10.2. The van der Waals surface area contributed by atoms with Crippen molar-refractivity contribution in [2.45, 2.75) is 16.0 Å². The molecular formula is C14H14ClN3S3. The van der Waals surface area contributed by atoms with Crippen LogP contribution in [0.1, 0.15) is 11.8 Å². The van der Waals surface area contributed by atoms with Crippen molar-refractivity contribution < 1.29 is 0 Å². The van der Waals surface area contributed by atoms with E-state index in [4.69, 9.17) is 23.8 Å². The van der Waals surface area contributed by atoms with Gasteiger partial charge in [0, 0.05) is 21.3 Å². The molecule has 3 nitrogen and oxygen atoms in total. The third kappa shape index (κ3) is 5.67. The molecule has 2 aromatic rings. The van der Waals surface area contributed by atoms with Crippen LogP contribution in [-0.2, 0) is 0 Å². The van der Waals surface area contributed by atoms with Crippen LogP contribution in [0.5, 0.6) is 0 Å². The number of hydrogen-bond acceptors (Lipinski definition) is 4. The zero-order chi connectivity index (χ0) is 15.1. The van der Waals surface area contributed by atoms with Crippen LogP contribution in [0.2, 0.25) is 5.02 Å². The van der Waals surface area contributed by atoms with Crippen molar-refractivity contribution in [3.63, 3.8) is 0 Å². The number of hydrazone groups is 1. The average molecular weight is 356 g/mol. The lowest BCUT2D eigenvalue weighted by Crippen LogP contribution is -2.31. The van der Waals surface area contributed by atoms with Crippen LogP contribution < -0.4 is 10.7 Å². The van der Waals surface area contributed by atoms with Gasteiger partial charge in [0.1, 0.15) is 0 Å². The molecule has 0 saturated heterocycles. The summed E-state index contributed by atoms with van der Waals surface area (Å²) in [5.74, 6) is 0. The minimum absolute atomic E-state index is 0.529. The van der Waals surface area contributed by atoms with Gasteiger partial charge >= 0.3 is 0 Å². The molecule has 0 unspecified atom stereocenters. The van der Waals surface area contributed by atoms with Gasteiger partial charge in [-0.05, 0) is 55.5 Å². The topological polar surface area (TPSA) is 36.4 Å². The van der Waals surface area contributed by atoms with Crippen molar-refractivity contribution in [1.29, 1.82) is 0 Å². The molecule has 0 aliphatic heterocycles. The zero-order valence-electron chi connectivity index (χ0n) is 11.3. The van der Waals surface area contributed by atoms with E-state index in [1.807, 2.05) is 37.3 Å². The minimum atomic E-state index is 0.529. The third-order valence-corrected chi connectivity index (χ3v) is 4.98. The van der Waals surface area contributed by atoms with E-state index in [1.54, 1.807) is 29.3 Å². The molecule has 0 saturated carbocycles. The Hall–Kier alpha value is -1.08. The second kappa shape index (κ2) is 8.38.